The van der Waals surface area contributed by atoms with E-state index in [-0.39, 0.29) is 35.8 Å². The molecule has 8 heteroatoms. The van der Waals surface area contributed by atoms with Gasteiger partial charge in [0.05, 0.1) is 5.75 Å². The molecule has 0 spiro atoms. The number of benzene rings is 1. The summed E-state index contributed by atoms with van der Waals surface area (Å²) in [6, 6.07) is 10.8. The summed E-state index contributed by atoms with van der Waals surface area (Å²) >= 11 is 0. The van der Waals surface area contributed by atoms with Crippen LogP contribution >= 0.6 is 24.0 Å². The zero-order valence-electron chi connectivity index (χ0n) is 16.4. The lowest BCUT2D eigenvalue weighted by atomic mass is 10.1. The molecule has 0 aliphatic heterocycles. The van der Waals surface area contributed by atoms with Gasteiger partial charge in [0.15, 0.2) is 5.96 Å². The molecule has 1 rings (SSSR count). The maximum atomic E-state index is 11.3. The van der Waals surface area contributed by atoms with E-state index >= 15 is 0 Å². The highest BCUT2D eigenvalue weighted by atomic mass is 127. The Morgan fingerprint density at radius 3 is 2.35 bits per heavy atom. The molecule has 2 atom stereocenters. The van der Waals surface area contributed by atoms with Crippen LogP contribution in [0, 0.1) is 0 Å². The highest BCUT2D eigenvalue weighted by molar-refractivity contribution is 14.0. The fourth-order valence-electron chi connectivity index (χ4n) is 2.43. The number of hydrogen-bond acceptors (Lipinski definition) is 4. The monoisotopic (exact) mass is 496 g/mol. The molecule has 0 saturated heterocycles. The molecule has 1 aromatic rings. The number of aliphatic imine (C=N–C) groups is 1. The number of likely N-dealkylation sites (N-methyl/N-ethyl adjacent to an activating group) is 1. The van der Waals surface area contributed by atoms with E-state index in [0.717, 1.165) is 13.0 Å². The first-order chi connectivity index (χ1) is 11.7. The zero-order chi connectivity index (χ0) is 18.9. The van der Waals surface area contributed by atoms with Gasteiger partial charge in [0.1, 0.15) is 9.84 Å². The second kappa shape index (κ2) is 12.5. The Kier molecular flexibility index (Phi) is 12.1. The first-order valence-electron chi connectivity index (χ1n) is 8.56. The average Bonchev–Trinajstić information content (AvgIpc) is 2.55. The summed E-state index contributed by atoms with van der Waals surface area (Å²) in [7, 11) is 2.92. The van der Waals surface area contributed by atoms with E-state index in [0.29, 0.717) is 18.4 Å². The topological polar surface area (TPSA) is 73.8 Å². The summed E-state index contributed by atoms with van der Waals surface area (Å²) in [6.07, 6.45) is 2.76. The van der Waals surface area contributed by atoms with Crippen molar-refractivity contribution in [1.82, 2.24) is 15.5 Å². The molecule has 0 fully saturated rings. The minimum Gasteiger partial charge on any atom is -0.355 e. The summed E-state index contributed by atoms with van der Waals surface area (Å²) in [5, 5.41) is 6.60. The van der Waals surface area contributed by atoms with E-state index in [9.17, 15) is 8.42 Å². The summed E-state index contributed by atoms with van der Waals surface area (Å²) in [5.41, 5.74) is 1.30. The number of guanidine groups is 1. The Morgan fingerprint density at radius 2 is 1.85 bits per heavy atom. The fourth-order valence-corrected chi connectivity index (χ4v) is 3.21. The molecule has 150 valence electrons. The first kappa shape index (κ1) is 25.1. The van der Waals surface area contributed by atoms with Gasteiger partial charge in [-0.25, -0.2) is 8.42 Å². The largest absolute Gasteiger partial charge is 0.355 e. The molecular weight excluding hydrogens is 463 g/mol. The van der Waals surface area contributed by atoms with Gasteiger partial charge in [-0.15, -0.1) is 24.0 Å². The van der Waals surface area contributed by atoms with Gasteiger partial charge in [-0.2, -0.15) is 0 Å². The van der Waals surface area contributed by atoms with Crippen molar-refractivity contribution in [2.75, 3.05) is 39.7 Å². The average molecular weight is 496 g/mol. The van der Waals surface area contributed by atoms with Gasteiger partial charge < -0.3 is 15.5 Å². The minimum atomic E-state index is -2.94. The number of halogens is 1. The molecule has 0 heterocycles. The maximum absolute atomic E-state index is 11.3. The summed E-state index contributed by atoms with van der Waals surface area (Å²) in [4.78, 5) is 6.43. The van der Waals surface area contributed by atoms with Crippen LogP contribution < -0.4 is 10.6 Å². The van der Waals surface area contributed by atoms with Gasteiger partial charge >= 0.3 is 0 Å². The summed E-state index contributed by atoms with van der Waals surface area (Å²) in [5.74, 6) is 0.868. The number of hydrogen-bond donors (Lipinski definition) is 2. The van der Waals surface area contributed by atoms with Gasteiger partial charge in [0, 0.05) is 31.9 Å². The summed E-state index contributed by atoms with van der Waals surface area (Å²) < 4.78 is 22.6. The Labute approximate surface area is 175 Å². The van der Waals surface area contributed by atoms with Gasteiger partial charge in [-0.3, -0.25) is 4.99 Å². The molecule has 0 aromatic heterocycles. The normalized spacial score (nSPS) is 14.5. The predicted molar refractivity (Wildman–Crippen MR) is 121 cm³/mol. The van der Waals surface area contributed by atoms with E-state index < -0.39 is 9.84 Å². The van der Waals surface area contributed by atoms with E-state index in [1.807, 2.05) is 13.0 Å². The molecule has 0 saturated carbocycles. The second-order valence-corrected chi connectivity index (χ2v) is 8.98. The van der Waals surface area contributed by atoms with Gasteiger partial charge in [0.25, 0.3) is 0 Å². The van der Waals surface area contributed by atoms with Crippen molar-refractivity contribution >= 4 is 39.8 Å². The minimum absolute atomic E-state index is 0. The van der Waals surface area contributed by atoms with Crippen LogP contribution in [0.3, 0.4) is 0 Å². The third-order valence-corrected chi connectivity index (χ3v) is 5.06. The lowest BCUT2D eigenvalue weighted by Crippen LogP contribution is -2.48. The van der Waals surface area contributed by atoms with Crippen LogP contribution in [0.2, 0.25) is 0 Å². The molecule has 0 aliphatic rings. The molecule has 0 radical (unpaired) electrons. The quantitative estimate of drug-likeness (QED) is 0.310. The van der Waals surface area contributed by atoms with Crippen LogP contribution in [0.25, 0.3) is 0 Å². The van der Waals surface area contributed by atoms with Crippen molar-refractivity contribution < 1.29 is 8.42 Å². The number of nitrogens with zero attached hydrogens (tertiary/aromatic N) is 2. The van der Waals surface area contributed by atoms with Crippen LogP contribution in [0.4, 0.5) is 0 Å². The number of sulfone groups is 1. The molecule has 2 unspecified atom stereocenters. The van der Waals surface area contributed by atoms with Gasteiger partial charge in [-0.1, -0.05) is 30.3 Å². The van der Waals surface area contributed by atoms with Gasteiger partial charge in [0.2, 0.25) is 0 Å². The highest BCUT2D eigenvalue weighted by Crippen LogP contribution is 2.06. The van der Waals surface area contributed by atoms with E-state index in [2.05, 4.69) is 58.9 Å². The third kappa shape index (κ3) is 11.0. The van der Waals surface area contributed by atoms with Crippen LogP contribution in [-0.2, 0) is 16.3 Å². The van der Waals surface area contributed by atoms with Crippen molar-refractivity contribution in [1.29, 1.82) is 0 Å². The SMILES string of the molecule is CN=C(NCC(Cc1ccccc1)N(C)C)NC(C)CCS(C)(=O)=O.I. The Morgan fingerprint density at radius 1 is 1.23 bits per heavy atom. The molecular formula is C18H33IN4O2S. The fraction of sp³-hybridized carbons (Fsp3) is 0.611. The predicted octanol–water partition coefficient (Wildman–Crippen LogP) is 1.77. The molecule has 2 N–H and O–H groups in total. The Bertz CT molecular complexity index is 636. The van der Waals surface area contributed by atoms with Crippen molar-refractivity contribution in [3.8, 4) is 0 Å². The van der Waals surface area contributed by atoms with Crippen LogP contribution in [-0.4, -0.2) is 71.1 Å². The van der Waals surface area contributed by atoms with Crippen molar-refractivity contribution in [3.63, 3.8) is 0 Å². The summed E-state index contributed by atoms with van der Waals surface area (Å²) in [6.45, 7) is 2.71. The Balaban J connectivity index is 0.00000625. The lowest BCUT2D eigenvalue weighted by Gasteiger charge is -2.26. The molecule has 0 bridgehead atoms. The third-order valence-electron chi connectivity index (χ3n) is 4.08. The van der Waals surface area contributed by atoms with Gasteiger partial charge in [-0.05, 0) is 39.4 Å². The molecule has 1 aromatic carbocycles. The molecule has 26 heavy (non-hydrogen) atoms. The first-order valence-corrected chi connectivity index (χ1v) is 10.6. The van der Waals surface area contributed by atoms with Crippen LogP contribution in [0.1, 0.15) is 18.9 Å². The van der Waals surface area contributed by atoms with E-state index in [1.165, 1.54) is 11.8 Å². The lowest BCUT2D eigenvalue weighted by molar-refractivity contribution is 0.290. The standard InChI is InChI=1S/C18H32N4O2S.HI/c1-15(11-12-25(5,23)24)21-18(19-2)20-14-17(22(3)4)13-16-9-7-6-8-10-16;/h6-10,15,17H,11-14H2,1-5H3,(H2,19,20,21);1H. The number of rotatable bonds is 9. The Hall–Kier alpha value is -0.870. The highest BCUT2D eigenvalue weighted by Gasteiger charge is 2.14. The molecule has 0 aliphatic carbocycles. The molecule has 0 amide bonds. The van der Waals surface area contributed by atoms with Crippen LogP contribution in [0.15, 0.2) is 35.3 Å². The van der Waals surface area contributed by atoms with E-state index in [4.69, 9.17) is 0 Å². The zero-order valence-corrected chi connectivity index (χ0v) is 19.5. The maximum Gasteiger partial charge on any atom is 0.191 e. The second-order valence-electron chi connectivity index (χ2n) is 6.72. The van der Waals surface area contributed by atoms with Crippen molar-refractivity contribution in [2.45, 2.75) is 31.8 Å². The van der Waals surface area contributed by atoms with Crippen molar-refractivity contribution in [2.24, 2.45) is 4.99 Å². The molecule has 6 nitrogen and oxygen atoms in total. The van der Waals surface area contributed by atoms with E-state index in [1.54, 1.807) is 7.05 Å². The van der Waals surface area contributed by atoms with Crippen molar-refractivity contribution in [3.05, 3.63) is 35.9 Å². The van der Waals surface area contributed by atoms with Crippen LogP contribution in [0.5, 0.6) is 0 Å². The smallest absolute Gasteiger partial charge is 0.191 e. The number of nitrogens with one attached hydrogen (secondary N) is 2.